The van der Waals surface area contributed by atoms with Gasteiger partial charge in [-0.3, -0.25) is 0 Å². The number of aromatic nitrogens is 1. The summed E-state index contributed by atoms with van der Waals surface area (Å²) in [4.78, 5) is 6.51. The highest BCUT2D eigenvalue weighted by Gasteiger charge is 2.23. The van der Waals surface area contributed by atoms with E-state index in [1.807, 2.05) is 0 Å². The van der Waals surface area contributed by atoms with Crippen molar-refractivity contribution >= 4 is 21.5 Å². The molecule has 1 aromatic rings. The maximum Gasteiger partial charge on any atom is 0.187 e. The molecule has 1 aliphatic heterocycles. The van der Waals surface area contributed by atoms with Crippen LogP contribution in [-0.2, 0) is 4.74 Å². The van der Waals surface area contributed by atoms with Crippen LogP contribution >= 0.6 is 11.3 Å². The molecule has 14 heavy (non-hydrogen) atoms. The largest absolute Gasteiger partial charge is 0.389 e. The van der Waals surface area contributed by atoms with Gasteiger partial charge in [-0.05, 0) is 13.8 Å². The Morgan fingerprint density at radius 1 is 1.50 bits per heavy atom. The first-order valence-electron chi connectivity index (χ1n) is 4.77. The molecule has 0 saturated carbocycles. The molecule has 1 saturated heterocycles. The van der Waals surface area contributed by atoms with Crippen LogP contribution < -0.4 is 10.6 Å². The van der Waals surface area contributed by atoms with E-state index in [9.17, 15) is 0 Å². The van der Waals surface area contributed by atoms with Gasteiger partial charge in [0, 0.05) is 13.1 Å². The lowest BCUT2D eigenvalue weighted by molar-refractivity contribution is -0.00522. The molecule has 2 N–H and O–H groups in total. The maximum atomic E-state index is 5.65. The quantitative estimate of drug-likeness (QED) is 0.765. The number of ether oxygens (including phenoxy) is 1. The molecule has 4 nitrogen and oxygen atoms in total. The summed E-state index contributed by atoms with van der Waals surface area (Å²) in [6.07, 6.45) is 2.25. The number of thiazole rings is 1. The van der Waals surface area contributed by atoms with Gasteiger partial charge in [0.1, 0.15) is 5.00 Å². The fourth-order valence-corrected chi connectivity index (χ4v) is 2.46. The molecular weight excluding hydrogens is 198 g/mol. The van der Waals surface area contributed by atoms with Crippen LogP contribution in [0.15, 0.2) is 6.20 Å². The average molecular weight is 213 g/mol. The molecule has 0 aliphatic carbocycles. The monoisotopic (exact) mass is 213 g/mol. The van der Waals surface area contributed by atoms with E-state index in [1.165, 1.54) is 11.3 Å². The lowest BCUT2D eigenvalue weighted by Gasteiger charge is -2.35. The summed E-state index contributed by atoms with van der Waals surface area (Å²) < 4.78 is 5.65. The van der Waals surface area contributed by atoms with Gasteiger partial charge in [0.2, 0.25) is 0 Å². The molecule has 2 rings (SSSR count). The number of nitrogen functional groups attached to an aromatic ring is 1. The van der Waals surface area contributed by atoms with Crippen molar-refractivity contribution in [2.75, 3.05) is 23.7 Å². The normalized spacial score (nSPS) is 28.0. The van der Waals surface area contributed by atoms with E-state index in [2.05, 4.69) is 23.7 Å². The van der Waals surface area contributed by atoms with Gasteiger partial charge in [0.15, 0.2) is 5.13 Å². The second kappa shape index (κ2) is 3.74. The Kier molecular flexibility index (Phi) is 2.60. The minimum absolute atomic E-state index is 0.267. The van der Waals surface area contributed by atoms with E-state index < -0.39 is 0 Å². The van der Waals surface area contributed by atoms with Crippen molar-refractivity contribution in [2.45, 2.75) is 26.1 Å². The van der Waals surface area contributed by atoms with Crippen LogP contribution in [0.4, 0.5) is 10.1 Å². The van der Waals surface area contributed by atoms with Gasteiger partial charge in [0.05, 0.1) is 18.4 Å². The molecule has 5 heteroatoms. The number of hydrogen-bond donors (Lipinski definition) is 1. The van der Waals surface area contributed by atoms with Crippen molar-refractivity contribution in [1.82, 2.24) is 4.98 Å². The number of nitrogens with zero attached hydrogens (tertiary/aromatic N) is 2. The summed E-state index contributed by atoms with van der Waals surface area (Å²) >= 11 is 1.54. The summed E-state index contributed by atoms with van der Waals surface area (Å²) in [6.45, 7) is 5.97. The molecular formula is C9H15N3OS. The molecule has 78 valence electrons. The molecule has 0 spiro atoms. The van der Waals surface area contributed by atoms with E-state index in [1.54, 1.807) is 6.20 Å². The molecule has 2 unspecified atom stereocenters. The van der Waals surface area contributed by atoms with Crippen molar-refractivity contribution < 1.29 is 4.74 Å². The zero-order valence-electron chi connectivity index (χ0n) is 8.43. The first-order chi connectivity index (χ1) is 6.65. The van der Waals surface area contributed by atoms with Crippen LogP contribution in [0.5, 0.6) is 0 Å². The van der Waals surface area contributed by atoms with E-state index >= 15 is 0 Å². The molecule has 0 amide bonds. The molecule has 2 atom stereocenters. The Balaban J connectivity index is 2.10. The highest BCUT2D eigenvalue weighted by molar-refractivity contribution is 7.19. The van der Waals surface area contributed by atoms with E-state index in [0.717, 1.165) is 23.2 Å². The predicted octanol–water partition coefficient (Wildman–Crippen LogP) is 1.34. The Bertz CT molecular complexity index is 305. The molecule has 2 heterocycles. The smallest absolute Gasteiger partial charge is 0.187 e. The van der Waals surface area contributed by atoms with Gasteiger partial charge in [-0.2, -0.15) is 0 Å². The Hall–Kier alpha value is -0.810. The summed E-state index contributed by atoms with van der Waals surface area (Å²) in [5, 5.41) is 1.77. The van der Waals surface area contributed by atoms with Crippen LogP contribution in [-0.4, -0.2) is 30.3 Å². The molecule has 1 aromatic heterocycles. The average Bonchev–Trinajstić information content (AvgIpc) is 2.50. The minimum atomic E-state index is 0.267. The van der Waals surface area contributed by atoms with Crippen LogP contribution in [0.3, 0.4) is 0 Å². The highest BCUT2D eigenvalue weighted by Crippen LogP contribution is 2.26. The highest BCUT2D eigenvalue weighted by atomic mass is 32.1. The van der Waals surface area contributed by atoms with Crippen molar-refractivity contribution in [2.24, 2.45) is 0 Å². The van der Waals surface area contributed by atoms with Crippen molar-refractivity contribution in [1.29, 1.82) is 0 Å². The first kappa shape index (κ1) is 9.73. The van der Waals surface area contributed by atoms with Crippen LogP contribution in [0.2, 0.25) is 0 Å². The van der Waals surface area contributed by atoms with Crippen molar-refractivity contribution in [3.05, 3.63) is 6.20 Å². The Labute approximate surface area is 87.7 Å². The second-order valence-electron chi connectivity index (χ2n) is 3.71. The third-order valence-electron chi connectivity index (χ3n) is 2.20. The predicted molar refractivity (Wildman–Crippen MR) is 58.7 cm³/mol. The topological polar surface area (TPSA) is 51.4 Å². The standard InChI is InChI=1S/C9H15N3OS/c1-6-4-12(5-7(2)13-6)9-11-3-8(10)14-9/h3,6-7H,4-5,10H2,1-2H3. The van der Waals surface area contributed by atoms with E-state index in [4.69, 9.17) is 10.5 Å². The zero-order chi connectivity index (χ0) is 10.1. The lowest BCUT2D eigenvalue weighted by atomic mass is 10.2. The summed E-state index contributed by atoms with van der Waals surface area (Å²) in [6, 6.07) is 0. The molecule has 0 aromatic carbocycles. The second-order valence-corrected chi connectivity index (χ2v) is 4.75. The number of morpholine rings is 1. The molecule has 1 aliphatic rings. The molecule has 1 fully saturated rings. The SMILES string of the molecule is CC1CN(c2ncc(N)s2)CC(C)O1. The van der Waals surface area contributed by atoms with Gasteiger partial charge >= 0.3 is 0 Å². The van der Waals surface area contributed by atoms with Crippen LogP contribution in [0.1, 0.15) is 13.8 Å². The van der Waals surface area contributed by atoms with Gasteiger partial charge < -0.3 is 15.4 Å². The van der Waals surface area contributed by atoms with Crippen molar-refractivity contribution in [3.8, 4) is 0 Å². The summed E-state index contributed by atoms with van der Waals surface area (Å²) in [5.74, 6) is 0. The van der Waals surface area contributed by atoms with Gasteiger partial charge in [0.25, 0.3) is 0 Å². The van der Waals surface area contributed by atoms with Gasteiger partial charge in [-0.15, -0.1) is 0 Å². The third kappa shape index (κ3) is 1.99. The van der Waals surface area contributed by atoms with E-state index in [-0.39, 0.29) is 12.2 Å². The van der Waals surface area contributed by atoms with Crippen molar-refractivity contribution in [3.63, 3.8) is 0 Å². The van der Waals surface area contributed by atoms with Crippen LogP contribution in [0.25, 0.3) is 0 Å². The fourth-order valence-electron chi connectivity index (χ4n) is 1.76. The summed E-state index contributed by atoms with van der Waals surface area (Å²) in [5.41, 5.74) is 5.65. The minimum Gasteiger partial charge on any atom is -0.389 e. The fraction of sp³-hybridized carbons (Fsp3) is 0.667. The Morgan fingerprint density at radius 3 is 2.64 bits per heavy atom. The zero-order valence-corrected chi connectivity index (χ0v) is 9.25. The molecule has 0 bridgehead atoms. The summed E-state index contributed by atoms with van der Waals surface area (Å²) in [7, 11) is 0. The first-order valence-corrected chi connectivity index (χ1v) is 5.58. The van der Waals surface area contributed by atoms with Gasteiger partial charge in [-0.1, -0.05) is 11.3 Å². The number of nitrogens with two attached hydrogens (primary N) is 1. The van der Waals surface area contributed by atoms with Gasteiger partial charge in [-0.25, -0.2) is 4.98 Å². The maximum absolute atomic E-state index is 5.65. The Morgan fingerprint density at radius 2 is 2.14 bits per heavy atom. The number of rotatable bonds is 1. The van der Waals surface area contributed by atoms with Crippen LogP contribution in [0, 0.1) is 0 Å². The third-order valence-corrected chi connectivity index (χ3v) is 3.09. The molecule has 0 radical (unpaired) electrons. The number of hydrogen-bond acceptors (Lipinski definition) is 5. The lowest BCUT2D eigenvalue weighted by Crippen LogP contribution is -2.45. The van der Waals surface area contributed by atoms with E-state index in [0.29, 0.717) is 0 Å². The number of anilines is 2.